The predicted octanol–water partition coefficient (Wildman–Crippen LogP) is 3.41. The summed E-state index contributed by atoms with van der Waals surface area (Å²) < 4.78 is 17.3. The maximum atomic E-state index is 11.8. The molecule has 0 aliphatic carbocycles. The third-order valence-corrected chi connectivity index (χ3v) is 5.15. The van der Waals surface area contributed by atoms with E-state index in [4.69, 9.17) is 14.0 Å². The monoisotopic (exact) mass is 367 g/mol. The molecule has 0 spiro atoms. The average molecular weight is 367 g/mol. The van der Waals surface area contributed by atoms with Gasteiger partial charge in [-0.3, -0.25) is 0 Å². The molecule has 1 heterocycles. The molecule has 0 atom stereocenters. The number of hydrogen-bond acceptors (Lipinski definition) is 4. The lowest BCUT2D eigenvalue weighted by Gasteiger charge is -2.32. The molecule has 2 aromatic rings. The number of carbonyl (C=O) groups excluding carboxylic acids is 1. The van der Waals surface area contributed by atoms with Gasteiger partial charge in [-0.15, -0.1) is 0 Å². The van der Waals surface area contributed by atoms with Crippen LogP contribution in [0.4, 0.5) is 4.79 Å². The Kier molecular flexibility index (Phi) is 5.58. The summed E-state index contributed by atoms with van der Waals surface area (Å²) in [7, 11) is -0.382. The van der Waals surface area contributed by atoms with Gasteiger partial charge in [0.2, 0.25) is 0 Å². The Bertz CT molecular complexity index is 759. The molecule has 0 unspecified atom stereocenters. The maximum Gasteiger partial charge on any atom is 0.494 e. The van der Waals surface area contributed by atoms with Gasteiger partial charge in [0.1, 0.15) is 6.61 Å². The molecule has 1 N–H and O–H groups in total. The van der Waals surface area contributed by atoms with Gasteiger partial charge in [-0.2, -0.15) is 0 Å². The fourth-order valence-corrected chi connectivity index (χ4v) is 2.72. The Hall–Kier alpha value is -2.31. The molecular weight excluding hydrogens is 341 g/mol. The van der Waals surface area contributed by atoms with Crippen LogP contribution in [-0.4, -0.2) is 24.4 Å². The number of nitrogens with one attached hydrogen (secondary N) is 1. The molecule has 27 heavy (non-hydrogen) atoms. The van der Waals surface area contributed by atoms with Crippen molar-refractivity contribution in [3.8, 4) is 0 Å². The van der Waals surface area contributed by atoms with Crippen molar-refractivity contribution in [3.05, 3.63) is 65.7 Å². The molecule has 3 rings (SSSR count). The number of amides is 1. The van der Waals surface area contributed by atoms with Crippen LogP contribution >= 0.6 is 0 Å². The van der Waals surface area contributed by atoms with Crippen molar-refractivity contribution >= 4 is 18.7 Å². The highest BCUT2D eigenvalue weighted by Crippen LogP contribution is 2.36. The largest absolute Gasteiger partial charge is 0.494 e. The van der Waals surface area contributed by atoms with Crippen LogP contribution in [0.15, 0.2) is 54.6 Å². The SMILES string of the molecule is CC1(C)OB(c2ccc(CNC(=O)OCc3ccccc3)cc2)OC1(C)C. The standard InChI is InChI=1S/C21H26BNO4/c1-20(2)21(3,4)27-22(26-20)18-12-10-16(11-13-18)14-23-19(24)25-15-17-8-6-5-7-9-17/h5-13H,14-15H2,1-4H3,(H,23,24). The Morgan fingerprint density at radius 1 is 0.926 bits per heavy atom. The minimum Gasteiger partial charge on any atom is -0.445 e. The van der Waals surface area contributed by atoms with Crippen molar-refractivity contribution in [2.75, 3.05) is 0 Å². The van der Waals surface area contributed by atoms with Gasteiger partial charge in [0.15, 0.2) is 0 Å². The van der Waals surface area contributed by atoms with Gasteiger partial charge in [-0.05, 0) is 44.3 Å². The molecular formula is C21H26BNO4. The van der Waals surface area contributed by atoms with E-state index in [1.807, 2.05) is 82.3 Å². The molecule has 1 aliphatic heterocycles. The molecule has 1 saturated heterocycles. The second-order valence-electron chi connectivity index (χ2n) is 7.75. The van der Waals surface area contributed by atoms with Crippen molar-refractivity contribution in [2.45, 2.75) is 52.0 Å². The highest BCUT2D eigenvalue weighted by atomic mass is 16.7. The highest BCUT2D eigenvalue weighted by molar-refractivity contribution is 6.62. The number of ether oxygens (including phenoxy) is 1. The lowest BCUT2D eigenvalue weighted by Crippen LogP contribution is -2.41. The minimum absolute atomic E-state index is 0.257. The maximum absolute atomic E-state index is 11.8. The van der Waals surface area contributed by atoms with Gasteiger partial charge in [-0.1, -0.05) is 54.6 Å². The molecule has 0 radical (unpaired) electrons. The first-order valence-electron chi connectivity index (χ1n) is 9.16. The van der Waals surface area contributed by atoms with Crippen molar-refractivity contribution in [1.82, 2.24) is 5.32 Å². The fourth-order valence-electron chi connectivity index (χ4n) is 2.72. The third kappa shape index (κ3) is 4.70. The Morgan fingerprint density at radius 2 is 1.52 bits per heavy atom. The first-order chi connectivity index (χ1) is 12.8. The smallest absolute Gasteiger partial charge is 0.445 e. The first kappa shape index (κ1) is 19.5. The summed E-state index contributed by atoms with van der Waals surface area (Å²) in [6, 6.07) is 17.4. The average Bonchev–Trinajstić information content (AvgIpc) is 2.87. The molecule has 5 nitrogen and oxygen atoms in total. The normalized spacial score (nSPS) is 17.6. The quantitative estimate of drug-likeness (QED) is 0.823. The summed E-state index contributed by atoms with van der Waals surface area (Å²) in [5.74, 6) is 0. The summed E-state index contributed by atoms with van der Waals surface area (Å²) in [4.78, 5) is 11.8. The number of rotatable bonds is 5. The van der Waals surface area contributed by atoms with E-state index in [-0.39, 0.29) is 24.9 Å². The second kappa shape index (κ2) is 7.75. The zero-order valence-corrected chi connectivity index (χ0v) is 16.3. The van der Waals surface area contributed by atoms with Crippen LogP contribution in [0.5, 0.6) is 0 Å². The van der Waals surface area contributed by atoms with Crippen LogP contribution in [0.1, 0.15) is 38.8 Å². The number of benzene rings is 2. The van der Waals surface area contributed by atoms with Crippen LogP contribution in [0, 0.1) is 0 Å². The van der Waals surface area contributed by atoms with Crippen LogP contribution in [-0.2, 0) is 27.2 Å². The van der Waals surface area contributed by atoms with Crippen molar-refractivity contribution < 1.29 is 18.8 Å². The lowest BCUT2D eigenvalue weighted by molar-refractivity contribution is 0.00578. The van der Waals surface area contributed by atoms with E-state index in [1.54, 1.807) is 0 Å². The first-order valence-corrected chi connectivity index (χ1v) is 9.16. The van der Waals surface area contributed by atoms with Crippen LogP contribution in [0.2, 0.25) is 0 Å². The predicted molar refractivity (Wildman–Crippen MR) is 106 cm³/mol. The molecule has 1 fully saturated rings. The van der Waals surface area contributed by atoms with Gasteiger partial charge in [-0.25, -0.2) is 4.79 Å². The second-order valence-corrected chi connectivity index (χ2v) is 7.75. The van der Waals surface area contributed by atoms with Crippen LogP contribution in [0.25, 0.3) is 0 Å². The number of hydrogen-bond donors (Lipinski definition) is 1. The van der Waals surface area contributed by atoms with E-state index in [1.165, 1.54) is 0 Å². The molecule has 2 aromatic carbocycles. The highest BCUT2D eigenvalue weighted by Gasteiger charge is 2.51. The van der Waals surface area contributed by atoms with Crippen molar-refractivity contribution in [3.63, 3.8) is 0 Å². The van der Waals surface area contributed by atoms with Crippen molar-refractivity contribution in [2.24, 2.45) is 0 Å². The zero-order chi connectivity index (χ0) is 19.5. The molecule has 1 amide bonds. The fraction of sp³-hybridized carbons (Fsp3) is 0.381. The molecule has 6 heteroatoms. The van der Waals surface area contributed by atoms with E-state index >= 15 is 0 Å². The topological polar surface area (TPSA) is 56.8 Å². The zero-order valence-electron chi connectivity index (χ0n) is 16.3. The number of carbonyl (C=O) groups is 1. The lowest BCUT2D eigenvalue weighted by atomic mass is 9.79. The minimum atomic E-state index is -0.436. The summed E-state index contributed by atoms with van der Waals surface area (Å²) >= 11 is 0. The molecule has 0 saturated carbocycles. The molecule has 142 valence electrons. The van der Waals surface area contributed by atoms with Gasteiger partial charge in [0, 0.05) is 6.54 Å². The van der Waals surface area contributed by atoms with Gasteiger partial charge >= 0.3 is 13.2 Å². The van der Waals surface area contributed by atoms with Crippen LogP contribution < -0.4 is 10.8 Å². The Labute approximate surface area is 161 Å². The van der Waals surface area contributed by atoms with E-state index in [0.29, 0.717) is 6.54 Å². The molecule has 0 bridgehead atoms. The van der Waals surface area contributed by atoms with Crippen molar-refractivity contribution in [1.29, 1.82) is 0 Å². The molecule has 0 aromatic heterocycles. The Balaban J connectivity index is 1.49. The van der Waals surface area contributed by atoms with E-state index in [0.717, 1.165) is 16.6 Å². The van der Waals surface area contributed by atoms with E-state index < -0.39 is 6.09 Å². The summed E-state index contributed by atoms with van der Waals surface area (Å²) in [6.45, 7) is 8.79. The summed E-state index contributed by atoms with van der Waals surface area (Å²) in [5, 5.41) is 2.76. The van der Waals surface area contributed by atoms with E-state index in [9.17, 15) is 4.79 Å². The third-order valence-electron chi connectivity index (χ3n) is 5.15. The van der Waals surface area contributed by atoms with Gasteiger partial charge in [0.05, 0.1) is 11.2 Å². The van der Waals surface area contributed by atoms with E-state index in [2.05, 4.69) is 5.32 Å². The van der Waals surface area contributed by atoms with Gasteiger partial charge < -0.3 is 19.4 Å². The van der Waals surface area contributed by atoms with Crippen LogP contribution in [0.3, 0.4) is 0 Å². The number of alkyl carbamates (subject to hydrolysis) is 1. The van der Waals surface area contributed by atoms with Gasteiger partial charge in [0.25, 0.3) is 0 Å². The molecule has 1 aliphatic rings. The summed E-state index contributed by atoms with van der Waals surface area (Å²) in [6.07, 6.45) is -0.436. The summed E-state index contributed by atoms with van der Waals surface area (Å²) in [5.41, 5.74) is 2.18. The Morgan fingerprint density at radius 3 is 2.11 bits per heavy atom.